The average Bonchev–Trinajstić information content (AvgIpc) is 3.45. The van der Waals surface area contributed by atoms with Crippen molar-refractivity contribution in [3.05, 3.63) is 58.9 Å². The molecule has 7 heteroatoms. The fraction of sp³-hybridized carbons (Fsp3) is 0.300. The van der Waals surface area contributed by atoms with Crippen molar-refractivity contribution in [3.8, 4) is 0 Å². The predicted octanol–water partition coefficient (Wildman–Crippen LogP) is 2.24. The minimum atomic E-state index is -0.812. The zero-order valence-electron chi connectivity index (χ0n) is 14.9. The van der Waals surface area contributed by atoms with Gasteiger partial charge in [-0.1, -0.05) is 35.5 Å². The van der Waals surface area contributed by atoms with Crippen molar-refractivity contribution in [2.75, 3.05) is 0 Å². The van der Waals surface area contributed by atoms with E-state index in [2.05, 4.69) is 15.5 Å². The van der Waals surface area contributed by atoms with Crippen LogP contribution in [0, 0.1) is 6.92 Å². The van der Waals surface area contributed by atoms with Crippen molar-refractivity contribution in [1.29, 1.82) is 0 Å². The Labute approximate surface area is 155 Å². The largest absolute Gasteiger partial charge is 0.368 e. The second-order valence-corrected chi connectivity index (χ2v) is 6.94. The van der Waals surface area contributed by atoms with Gasteiger partial charge < -0.3 is 15.6 Å². The molecule has 0 radical (unpaired) electrons. The maximum absolute atomic E-state index is 13.0. The fourth-order valence-electron chi connectivity index (χ4n) is 3.19. The van der Waals surface area contributed by atoms with E-state index in [1.807, 2.05) is 30.3 Å². The summed E-state index contributed by atoms with van der Waals surface area (Å²) in [5.41, 5.74) is 8.62. The number of hydrogen-bond donors (Lipinski definition) is 2. The molecule has 1 fully saturated rings. The summed E-state index contributed by atoms with van der Waals surface area (Å²) in [6.07, 6.45) is 2.42. The van der Waals surface area contributed by atoms with Crippen LogP contribution < -0.4 is 11.1 Å². The highest BCUT2D eigenvalue weighted by Gasteiger charge is 2.29. The second-order valence-electron chi connectivity index (χ2n) is 6.94. The van der Waals surface area contributed by atoms with E-state index in [1.54, 1.807) is 13.0 Å². The normalized spacial score (nSPS) is 14.9. The van der Waals surface area contributed by atoms with E-state index < -0.39 is 11.9 Å². The summed E-state index contributed by atoms with van der Waals surface area (Å²) in [5, 5.41) is 7.27. The van der Waals surface area contributed by atoms with Crippen LogP contribution in [0.1, 0.15) is 46.1 Å². The molecule has 138 valence electrons. The summed E-state index contributed by atoms with van der Waals surface area (Å²) in [7, 11) is 0. The molecule has 27 heavy (non-hydrogen) atoms. The van der Waals surface area contributed by atoms with Crippen LogP contribution in [0.4, 0.5) is 0 Å². The Morgan fingerprint density at radius 2 is 2.04 bits per heavy atom. The van der Waals surface area contributed by atoms with Crippen LogP contribution in [0.2, 0.25) is 0 Å². The first-order valence-electron chi connectivity index (χ1n) is 8.94. The lowest BCUT2D eigenvalue weighted by atomic mass is 10.0. The lowest BCUT2D eigenvalue weighted by Gasteiger charge is -2.16. The topological polar surface area (TPSA) is 111 Å². The molecule has 0 saturated heterocycles. The maximum Gasteiger partial charge on any atom is 0.259 e. The highest BCUT2D eigenvalue weighted by atomic mass is 16.5. The van der Waals surface area contributed by atoms with E-state index >= 15 is 0 Å². The second kappa shape index (κ2) is 6.83. The van der Waals surface area contributed by atoms with Gasteiger partial charge in [-0.3, -0.25) is 9.59 Å². The van der Waals surface area contributed by atoms with Crippen LogP contribution in [-0.2, 0) is 11.2 Å². The molecule has 1 aliphatic rings. The van der Waals surface area contributed by atoms with Gasteiger partial charge in [-0.2, -0.15) is 0 Å². The number of rotatable bonds is 6. The molecule has 4 rings (SSSR count). The van der Waals surface area contributed by atoms with E-state index in [4.69, 9.17) is 10.3 Å². The van der Waals surface area contributed by atoms with E-state index in [0.29, 0.717) is 34.7 Å². The number of primary amides is 1. The zero-order valence-corrected chi connectivity index (χ0v) is 14.9. The van der Waals surface area contributed by atoms with E-state index in [1.165, 1.54) is 0 Å². The molecule has 7 nitrogen and oxygen atoms in total. The van der Waals surface area contributed by atoms with Crippen LogP contribution in [0.3, 0.4) is 0 Å². The highest BCUT2D eigenvalue weighted by molar-refractivity contribution is 6.07. The third-order valence-corrected chi connectivity index (χ3v) is 4.81. The molecule has 1 atom stereocenters. The number of fused-ring (bicyclic) bond motifs is 1. The van der Waals surface area contributed by atoms with Gasteiger partial charge in [-0.25, -0.2) is 4.98 Å². The van der Waals surface area contributed by atoms with Gasteiger partial charge in [0.25, 0.3) is 11.6 Å². The van der Waals surface area contributed by atoms with E-state index in [9.17, 15) is 9.59 Å². The summed E-state index contributed by atoms with van der Waals surface area (Å²) in [5.74, 6) is -0.611. The number of carbonyl (C=O) groups excluding carboxylic acids is 2. The smallest absolute Gasteiger partial charge is 0.259 e. The third-order valence-electron chi connectivity index (χ3n) is 4.81. The number of aryl methyl sites for hydroxylation is 1. The molecule has 3 aromatic rings. The molecule has 1 aliphatic carbocycles. The highest BCUT2D eigenvalue weighted by Crippen LogP contribution is 2.40. The van der Waals surface area contributed by atoms with Crippen LogP contribution >= 0.6 is 0 Å². The summed E-state index contributed by atoms with van der Waals surface area (Å²) in [4.78, 5) is 29.4. The number of hydrogen-bond acceptors (Lipinski definition) is 5. The van der Waals surface area contributed by atoms with Gasteiger partial charge >= 0.3 is 0 Å². The summed E-state index contributed by atoms with van der Waals surface area (Å²) in [6.45, 7) is 1.76. The first-order valence-corrected chi connectivity index (χ1v) is 8.94. The molecule has 0 aliphatic heterocycles. The van der Waals surface area contributed by atoms with Crippen molar-refractivity contribution < 1.29 is 14.1 Å². The number of nitrogens with two attached hydrogens (primary N) is 1. The third kappa shape index (κ3) is 3.53. The van der Waals surface area contributed by atoms with Crippen molar-refractivity contribution in [1.82, 2.24) is 15.5 Å². The number of amides is 2. The molecular weight excluding hydrogens is 344 g/mol. The SMILES string of the molecule is Cc1noc2nc(C3CC3)cc(C(=O)N[C@H](Cc3ccccc3)C(N)=O)c12. The fourth-order valence-corrected chi connectivity index (χ4v) is 3.19. The van der Waals surface area contributed by atoms with Gasteiger partial charge in [0.05, 0.1) is 16.6 Å². The average molecular weight is 364 g/mol. The van der Waals surface area contributed by atoms with E-state index in [0.717, 1.165) is 24.1 Å². The summed E-state index contributed by atoms with van der Waals surface area (Å²) >= 11 is 0. The number of nitrogens with zero attached hydrogens (tertiary/aromatic N) is 2. The monoisotopic (exact) mass is 364 g/mol. The van der Waals surface area contributed by atoms with E-state index in [-0.39, 0.29) is 5.91 Å². The van der Waals surface area contributed by atoms with Gasteiger partial charge in [-0.15, -0.1) is 0 Å². The summed E-state index contributed by atoms with van der Waals surface area (Å²) in [6, 6.07) is 10.4. The number of benzene rings is 1. The number of aromatic nitrogens is 2. The maximum atomic E-state index is 13.0. The number of pyridine rings is 1. The van der Waals surface area contributed by atoms with Gasteiger partial charge in [0.2, 0.25) is 5.91 Å². The standard InChI is InChI=1S/C20H20N4O3/c1-11-17-14(10-15(13-7-8-13)23-20(17)27-24-11)19(26)22-16(18(21)25)9-12-5-3-2-4-6-12/h2-6,10,13,16H,7-9H2,1H3,(H2,21,25)(H,22,26)/t16-/m1/s1. The Kier molecular flexibility index (Phi) is 4.35. The van der Waals surface area contributed by atoms with Gasteiger partial charge in [0.15, 0.2) is 0 Å². The minimum Gasteiger partial charge on any atom is -0.368 e. The molecule has 1 saturated carbocycles. The van der Waals surface area contributed by atoms with Crippen molar-refractivity contribution in [3.63, 3.8) is 0 Å². The Balaban J connectivity index is 1.65. The molecule has 0 bridgehead atoms. The molecule has 2 aromatic heterocycles. The molecule has 2 amide bonds. The predicted molar refractivity (Wildman–Crippen MR) is 99.1 cm³/mol. The van der Waals surface area contributed by atoms with Crippen LogP contribution in [0.5, 0.6) is 0 Å². The van der Waals surface area contributed by atoms with Crippen molar-refractivity contribution in [2.24, 2.45) is 5.73 Å². The first kappa shape index (κ1) is 17.2. The Hall–Kier alpha value is -3.22. The van der Waals surface area contributed by atoms with Crippen LogP contribution in [0.15, 0.2) is 40.9 Å². The molecule has 1 aromatic carbocycles. The zero-order chi connectivity index (χ0) is 19.0. The lowest BCUT2D eigenvalue weighted by molar-refractivity contribution is -0.119. The van der Waals surface area contributed by atoms with Crippen LogP contribution in [-0.4, -0.2) is 28.0 Å². The first-order chi connectivity index (χ1) is 13.0. The Morgan fingerprint density at radius 1 is 1.30 bits per heavy atom. The Bertz CT molecular complexity index is 1010. The van der Waals surface area contributed by atoms with Gasteiger partial charge in [-0.05, 0) is 31.4 Å². The van der Waals surface area contributed by atoms with Crippen molar-refractivity contribution in [2.45, 2.75) is 38.1 Å². The lowest BCUT2D eigenvalue weighted by Crippen LogP contribution is -2.46. The van der Waals surface area contributed by atoms with Crippen molar-refractivity contribution >= 4 is 22.9 Å². The number of carbonyl (C=O) groups is 2. The molecule has 2 heterocycles. The van der Waals surface area contributed by atoms with Gasteiger partial charge in [0.1, 0.15) is 6.04 Å². The molecular formula is C20H20N4O3. The van der Waals surface area contributed by atoms with Crippen LogP contribution in [0.25, 0.3) is 11.1 Å². The molecule has 0 spiro atoms. The quantitative estimate of drug-likeness (QED) is 0.697. The summed E-state index contributed by atoms with van der Waals surface area (Å²) < 4.78 is 5.27. The number of nitrogens with one attached hydrogen (secondary N) is 1. The molecule has 0 unspecified atom stereocenters. The minimum absolute atomic E-state index is 0.328. The molecule has 3 N–H and O–H groups in total. The Morgan fingerprint density at radius 3 is 2.70 bits per heavy atom. The van der Waals surface area contributed by atoms with Gasteiger partial charge in [0, 0.05) is 18.0 Å².